The summed E-state index contributed by atoms with van der Waals surface area (Å²) in [5.74, 6) is -1.16. The Labute approximate surface area is 159 Å². The molecule has 0 N–H and O–H groups in total. The van der Waals surface area contributed by atoms with E-state index in [0.717, 1.165) is 6.26 Å². The molecule has 1 aliphatic heterocycles. The lowest BCUT2D eigenvalue weighted by molar-refractivity contribution is -0.144. The van der Waals surface area contributed by atoms with Gasteiger partial charge in [0, 0.05) is 32.2 Å². The van der Waals surface area contributed by atoms with E-state index in [4.69, 9.17) is 4.74 Å². The second kappa shape index (κ2) is 8.98. The Balaban J connectivity index is 2.09. The lowest BCUT2D eigenvalue weighted by Gasteiger charge is -2.28. The fraction of sp³-hybridized carbons (Fsp3) is 0.500. The van der Waals surface area contributed by atoms with E-state index in [-0.39, 0.29) is 35.2 Å². The average Bonchev–Trinajstić information content (AvgIpc) is 3.10. The number of hydrogen-bond acceptors (Lipinski definition) is 6. The van der Waals surface area contributed by atoms with Crippen LogP contribution in [0.2, 0.25) is 0 Å². The van der Waals surface area contributed by atoms with Gasteiger partial charge in [0.25, 0.3) is 5.91 Å². The van der Waals surface area contributed by atoms with Crippen molar-refractivity contribution >= 4 is 27.6 Å². The monoisotopic (exact) mass is 396 g/mol. The summed E-state index contributed by atoms with van der Waals surface area (Å²) in [7, 11) is -3.58. The highest BCUT2D eigenvalue weighted by molar-refractivity contribution is 7.90. The van der Waals surface area contributed by atoms with E-state index >= 15 is 0 Å². The standard InChI is InChI=1S/C18H24N2O6S/c1-3-26-17(22)11-6-10-16(21)19-12-7-13-20(19)18(23)14-8-4-5-9-15(14)27(2,24)25/h4-5,8-9H,3,6-7,10-13H2,1-2H3. The molecule has 1 aromatic rings. The molecule has 0 radical (unpaired) electrons. The number of esters is 1. The molecule has 0 saturated carbocycles. The normalized spacial score (nSPS) is 14.3. The highest BCUT2D eigenvalue weighted by Crippen LogP contribution is 2.22. The lowest BCUT2D eigenvalue weighted by Crippen LogP contribution is -2.45. The number of amides is 2. The molecule has 2 rings (SSSR count). The van der Waals surface area contributed by atoms with E-state index in [1.54, 1.807) is 19.1 Å². The van der Waals surface area contributed by atoms with Crippen LogP contribution in [0.25, 0.3) is 0 Å². The highest BCUT2D eigenvalue weighted by atomic mass is 32.2. The van der Waals surface area contributed by atoms with Crippen molar-refractivity contribution in [3.63, 3.8) is 0 Å². The SMILES string of the molecule is CCOC(=O)CCCC(=O)N1CCCN1C(=O)c1ccccc1S(C)(=O)=O. The molecule has 9 heteroatoms. The van der Waals surface area contributed by atoms with E-state index in [9.17, 15) is 22.8 Å². The van der Waals surface area contributed by atoms with Gasteiger partial charge in [-0.25, -0.2) is 13.4 Å². The predicted octanol–water partition coefficient (Wildman–Crippen LogP) is 1.41. The number of carbonyl (C=O) groups is 3. The van der Waals surface area contributed by atoms with Crippen LogP contribution in [-0.4, -0.2) is 62.2 Å². The number of nitrogens with zero attached hydrogens (tertiary/aromatic N) is 2. The van der Waals surface area contributed by atoms with Crippen LogP contribution in [0, 0.1) is 0 Å². The summed E-state index contributed by atoms with van der Waals surface area (Å²) in [5, 5.41) is 2.63. The summed E-state index contributed by atoms with van der Waals surface area (Å²) >= 11 is 0. The van der Waals surface area contributed by atoms with Crippen molar-refractivity contribution in [1.29, 1.82) is 0 Å². The van der Waals surface area contributed by atoms with Crippen LogP contribution < -0.4 is 0 Å². The summed E-state index contributed by atoms with van der Waals surface area (Å²) in [6, 6.07) is 5.96. The molecule has 0 spiro atoms. The molecule has 8 nitrogen and oxygen atoms in total. The molecule has 1 heterocycles. The number of benzene rings is 1. The number of hydrazine groups is 1. The van der Waals surface area contributed by atoms with E-state index < -0.39 is 15.7 Å². The van der Waals surface area contributed by atoms with Crippen LogP contribution in [0.4, 0.5) is 0 Å². The Morgan fingerprint density at radius 1 is 1.07 bits per heavy atom. The fourth-order valence-corrected chi connectivity index (χ4v) is 3.81. The average molecular weight is 396 g/mol. The fourth-order valence-electron chi connectivity index (χ4n) is 2.93. The molecular formula is C18H24N2O6S. The van der Waals surface area contributed by atoms with Gasteiger partial charge < -0.3 is 4.74 Å². The summed E-state index contributed by atoms with van der Waals surface area (Å²) in [4.78, 5) is 36.7. The smallest absolute Gasteiger partial charge is 0.305 e. The molecule has 0 aliphatic carbocycles. The first-order valence-electron chi connectivity index (χ1n) is 8.82. The van der Waals surface area contributed by atoms with Gasteiger partial charge in [-0.05, 0) is 31.9 Å². The maximum absolute atomic E-state index is 12.9. The molecular weight excluding hydrogens is 372 g/mol. The molecule has 0 bridgehead atoms. The molecule has 148 valence electrons. The van der Waals surface area contributed by atoms with E-state index in [1.165, 1.54) is 22.2 Å². The minimum absolute atomic E-state index is 0.0474. The quantitative estimate of drug-likeness (QED) is 0.646. The Hall–Kier alpha value is -2.42. The number of carbonyl (C=O) groups excluding carboxylic acids is 3. The minimum atomic E-state index is -3.58. The molecule has 27 heavy (non-hydrogen) atoms. The van der Waals surface area contributed by atoms with Gasteiger partial charge >= 0.3 is 5.97 Å². The minimum Gasteiger partial charge on any atom is -0.466 e. The van der Waals surface area contributed by atoms with Gasteiger partial charge in [-0.1, -0.05) is 12.1 Å². The van der Waals surface area contributed by atoms with Gasteiger partial charge in [0.2, 0.25) is 5.91 Å². The second-order valence-electron chi connectivity index (χ2n) is 6.23. The first-order chi connectivity index (χ1) is 12.8. The topological polar surface area (TPSA) is 101 Å². The maximum atomic E-state index is 12.9. The molecule has 0 unspecified atom stereocenters. The zero-order valence-corrected chi connectivity index (χ0v) is 16.3. The first-order valence-corrected chi connectivity index (χ1v) is 10.7. The van der Waals surface area contributed by atoms with Gasteiger partial charge in [-0.15, -0.1) is 0 Å². The third-order valence-electron chi connectivity index (χ3n) is 4.15. The first kappa shape index (κ1) is 20.9. The van der Waals surface area contributed by atoms with Gasteiger partial charge in [0.1, 0.15) is 0 Å². The van der Waals surface area contributed by atoms with Crippen molar-refractivity contribution in [2.45, 2.75) is 37.5 Å². The van der Waals surface area contributed by atoms with Crippen molar-refractivity contribution in [2.75, 3.05) is 26.0 Å². The van der Waals surface area contributed by atoms with Crippen LogP contribution >= 0.6 is 0 Å². The summed E-state index contributed by atoms with van der Waals surface area (Å²) in [6.07, 6.45) is 2.22. The number of ether oxygens (including phenoxy) is 1. The van der Waals surface area contributed by atoms with Gasteiger partial charge in [0.05, 0.1) is 17.1 Å². The van der Waals surface area contributed by atoms with Crippen molar-refractivity contribution in [3.8, 4) is 0 Å². The summed E-state index contributed by atoms with van der Waals surface area (Å²) in [5.41, 5.74) is 0.0474. The summed E-state index contributed by atoms with van der Waals surface area (Å²) < 4.78 is 28.7. The van der Waals surface area contributed by atoms with Crippen LogP contribution in [-0.2, 0) is 24.2 Å². The van der Waals surface area contributed by atoms with Crippen LogP contribution in [0.15, 0.2) is 29.2 Å². The van der Waals surface area contributed by atoms with Crippen molar-refractivity contribution in [2.24, 2.45) is 0 Å². The third kappa shape index (κ3) is 5.29. The second-order valence-corrected chi connectivity index (χ2v) is 8.21. The Kier molecular flexibility index (Phi) is 6.95. The Morgan fingerprint density at radius 2 is 1.74 bits per heavy atom. The van der Waals surface area contributed by atoms with Crippen LogP contribution in [0.3, 0.4) is 0 Å². The third-order valence-corrected chi connectivity index (χ3v) is 5.30. The predicted molar refractivity (Wildman–Crippen MR) is 97.4 cm³/mol. The Bertz CT molecular complexity index is 821. The molecule has 2 amide bonds. The van der Waals surface area contributed by atoms with Gasteiger partial charge in [-0.2, -0.15) is 0 Å². The number of hydrogen-bond donors (Lipinski definition) is 0. The highest BCUT2D eigenvalue weighted by Gasteiger charge is 2.33. The van der Waals surface area contributed by atoms with Crippen molar-refractivity contribution < 1.29 is 27.5 Å². The number of rotatable bonds is 7. The lowest BCUT2D eigenvalue weighted by atomic mass is 10.2. The maximum Gasteiger partial charge on any atom is 0.305 e. The molecule has 1 saturated heterocycles. The van der Waals surface area contributed by atoms with Crippen LogP contribution in [0.5, 0.6) is 0 Å². The van der Waals surface area contributed by atoms with Crippen LogP contribution in [0.1, 0.15) is 43.0 Å². The van der Waals surface area contributed by atoms with Gasteiger partial charge in [0.15, 0.2) is 9.84 Å². The Morgan fingerprint density at radius 3 is 2.41 bits per heavy atom. The van der Waals surface area contributed by atoms with Crippen molar-refractivity contribution in [3.05, 3.63) is 29.8 Å². The zero-order chi connectivity index (χ0) is 20.0. The molecule has 0 atom stereocenters. The van der Waals surface area contributed by atoms with E-state index in [1.807, 2.05) is 0 Å². The van der Waals surface area contributed by atoms with Crippen molar-refractivity contribution in [1.82, 2.24) is 10.0 Å². The van der Waals surface area contributed by atoms with E-state index in [0.29, 0.717) is 32.5 Å². The summed E-state index contributed by atoms with van der Waals surface area (Å²) in [6.45, 7) is 2.72. The molecule has 1 aromatic carbocycles. The molecule has 1 aliphatic rings. The number of sulfone groups is 1. The largest absolute Gasteiger partial charge is 0.466 e. The molecule has 0 aromatic heterocycles. The van der Waals surface area contributed by atoms with E-state index in [2.05, 4.69) is 0 Å². The zero-order valence-electron chi connectivity index (χ0n) is 15.5. The molecule has 1 fully saturated rings. The van der Waals surface area contributed by atoms with Gasteiger partial charge in [-0.3, -0.25) is 19.4 Å².